The Labute approximate surface area is 123 Å². The highest BCUT2D eigenvalue weighted by Crippen LogP contribution is 2.15. The van der Waals surface area contributed by atoms with Crippen LogP contribution in [0.15, 0.2) is 18.2 Å². The van der Waals surface area contributed by atoms with Gasteiger partial charge in [-0.05, 0) is 30.0 Å². The van der Waals surface area contributed by atoms with Gasteiger partial charge in [0.05, 0.1) is 5.02 Å². The summed E-state index contributed by atoms with van der Waals surface area (Å²) in [6.45, 7) is 4.23. The molecule has 20 heavy (non-hydrogen) atoms. The van der Waals surface area contributed by atoms with Crippen molar-refractivity contribution in [1.29, 1.82) is 0 Å². The number of carbonyl (C=O) groups is 1. The minimum atomic E-state index is -0.484. The summed E-state index contributed by atoms with van der Waals surface area (Å²) < 4.78 is 13.0. The van der Waals surface area contributed by atoms with Crippen LogP contribution in [0.1, 0.15) is 25.8 Å². The van der Waals surface area contributed by atoms with Gasteiger partial charge in [0.1, 0.15) is 5.82 Å². The van der Waals surface area contributed by atoms with Crippen molar-refractivity contribution in [3.05, 3.63) is 34.6 Å². The lowest BCUT2D eigenvalue weighted by Gasteiger charge is -2.21. The molecule has 6 heteroatoms. The van der Waals surface area contributed by atoms with Crippen molar-refractivity contribution in [3.8, 4) is 0 Å². The molecule has 4 nitrogen and oxygen atoms in total. The van der Waals surface area contributed by atoms with E-state index in [2.05, 4.69) is 10.6 Å². The van der Waals surface area contributed by atoms with Gasteiger partial charge >= 0.3 is 6.03 Å². The third kappa shape index (κ3) is 5.35. The molecule has 112 valence electrons. The first-order chi connectivity index (χ1) is 9.43. The number of nitrogens with one attached hydrogen (secondary N) is 2. The molecule has 0 saturated heterocycles. The van der Waals surface area contributed by atoms with Gasteiger partial charge in [-0.15, -0.1) is 0 Å². The van der Waals surface area contributed by atoms with Gasteiger partial charge in [-0.3, -0.25) is 0 Å². The number of urea groups is 1. The van der Waals surface area contributed by atoms with Crippen LogP contribution < -0.4 is 10.6 Å². The van der Waals surface area contributed by atoms with Crippen LogP contribution in [0.25, 0.3) is 0 Å². The fraction of sp³-hybridized carbons (Fsp3) is 0.500. The molecule has 3 N–H and O–H groups in total. The summed E-state index contributed by atoms with van der Waals surface area (Å²) in [6, 6.07) is 3.90. The average molecular weight is 303 g/mol. The van der Waals surface area contributed by atoms with E-state index in [4.69, 9.17) is 16.7 Å². The van der Waals surface area contributed by atoms with Crippen molar-refractivity contribution in [2.45, 2.75) is 32.9 Å². The van der Waals surface area contributed by atoms with E-state index < -0.39 is 5.82 Å². The molecule has 0 heterocycles. The predicted molar refractivity (Wildman–Crippen MR) is 77.1 cm³/mol. The van der Waals surface area contributed by atoms with Gasteiger partial charge in [-0.2, -0.15) is 0 Å². The summed E-state index contributed by atoms with van der Waals surface area (Å²) in [5.74, 6) is -0.254. The predicted octanol–water partition coefficient (Wildman–Crippen LogP) is 2.69. The van der Waals surface area contributed by atoms with Gasteiger partial charge in [-0.1, -0.05) is 31.5 Å². The number of aliphatic hydroxyl groups excluding tert-OH is 1. The minimum absolute atomic E-state index is 0.0245. The van der Waals surface area contributed by atoms with Gasteiger partial charge in [-0.25, -0.2) is 9.18 Å². The largest absolute Gasteiger partial charge is 0.396 e. The smallest absolute Gasteiger partial charge is 0.315 e. The van der Waals surface area contributed by atoms with Crippen LogP contribution in [0.5, 0.6) is 0 Å². The summed E-state index contributed by atoms with van der Waals surface area (Å²) in [5.41, 5.74) is 0.717. The van der Waals surface area contributed by atoms with Crippen LogP contribution in [-0.2, 0) is 6.54 Å². The Morgan fingerprint density at radius 3 is 2.70 bits per heavy atom. The molecule has 0 fully saturated rings. The molecule has 0 aromatic heterocycles. The molecule has 0 spiro atoms. The van der Waals surface area contributed by atoms with Gasteiger partial charge in [0.15, 0.2) is 0 Å². The molecule has 1 aromatic carbocycles. The van der Waals surface area contributed by atoms with Crippen LogP contribution in [0.4, 0.5) is 9.18 Å². The zero-order chi connectivity index (χ0) is 15.1. The van der Waals surface area contributed by atoms with E-state index in [0.29, 0.717) is 6.42 Å². The maximum absolute atomic E-state index is 13.0. The van der Waals surface area contributed by atoms with Crippen molar-refractivity contribution < 1.29 is 14.3 Å². The minimum Gasteiger partial charge on any atom is -0.396 e. The van der Waals surface area contributed by atoms with Crippen LogP contribution in [0, 0.1) is 11.7 Å². The Hall–Kier alpha value is -1.33. The molecular weight excluding hydrogens is 283 g/mol. The number of hydrogen-bond donors (Lipinski definition) is 3. The van der Waals surface area contributed by atoms with Crippen LogP contribution in [0.2, 0.25) is 5.02 Å². The maximum atomic E-state index is 13.0. The standard InChI is InChI=1S/C14H20ClFN2O2/c1-9(2)13(5-6-19)18-14(20)17-8-10-3-4-12(16)11(15)7-10/h3-4,7,9,13,19H,5-6,8H2,1-2H3,(H2,17,18,20). The van der Waals surface area contributed by atoms with E-state index in [0.717, 1.165) is 5.56 Å². The monoisotopic (exact) mass is 302 g/mol. The molecule has 1 unspecified atom stereocenters. The van der Waals surface area contributed by atoms with Gasteiger partial charge in [0.2, 0.25) is 0 Å². The van der Waals surface area contributed by atoms with E-state index >= 15 is 0 Å². The molecule has 0 saturated carbocycles. The van der Waals surface area contributed by atoms with E-state index in [-0.39, 0.29) is 36.2 Å². The van der Waals surface area contributed by atoms with Gasteiger partial charge < -0.3 is 15.7 Å². The zero-order valence-corrected chi connectivity index (χ0v) is 12.4. The Bertz CT molecular complexity index is 455. The number of aliphatic hydroxyl groups is 1. The second kappa shape index (κ2) is 8.07. The quantitative estimate of drug-likeness (QED) is 0.756. The van der Waals surface area contributed by atoms with E-state index in [1.807, 2.05) is 13.8 Å². The molecule has 0 bridgehead atoms. The number of benzene rings is 1. The summed E-state index contributed by atoms with van der Waals surface area (Å²) in [7, 11) is 0. The number of hydrogen-bond acceptors (Lipinski definition) is 2. The third-order valence-electron chi connectivity index (χ3n) is 3.00. The van der Waals surface area contributed by atoms with Crippen molar-refractivity contribution in [3.63, 3.8) is 0 Å². The lowest BCUT2D eigenvalue weighted by molar-refractivity contribution is 0.218. The lowest BCUT2D eigenvalue weighted by atomic mass is 10.0. The Kier molecular flexibility index (Phi) is 6.75. The van der Waals surface area contributed by atoms with Crippen LogP contribution in [-0.4, -0.2) is 23.8 Å². The number of carbonyl (C=O) groups excluding carboxylic acids is 1. The van der Waals surface area contributed by atoms with E-state index in [9.17, 15) is 9.18 Å². The number of halogens is 2. The van der Waals surface area contributed by atoms with Crippen molar-refractivity contribution in [1.82, 2.24) is 10.6 Å². The van der Waals surface area contributed by atoms with Gasteiger partial charge in [0.25, 0.3) is 0 Å². The maximum Gasteiger partial charge on any atom is 0.315 e. The Balaban J connectivity index is 2.48. The summed E-state index contributed by atoms with van der Waals surface area (Å²) in [5, 5.41) is 14.4. The van der Waals surface area contributed by atoms with Crippen LogP contribution in [0.3, 0.4) is 0 Å². The SMILES string of the molecule is CC(C)C(CCO)NC(=O)NCc1ccc(F)c(Cl)c1. The molecule has 0 aliphatic rings. The Morgan fingerprint density at radius 2 is 2.15 bits per heavy atom. The molecule has 0 aliphatic carbocycles. The van der Waals surface area contributed by atoms with E-state index in [1.54, 1.807) is 6.07 Å². The normalized spacial score (nSPS) is 12.3. The number of amides is 2. The van der Waals surface area contributed by atoms with Gasteiger partial charge in [0, 0.05) is 19.2 Å². The highest BCUT2D eigenvalue weighted by atomic mass is 35.5. The third-order valence-corrected chi connectivity index (χ3v) is 3.29. The highest BCUT2D eigenvalue weighted by molar-refractivity contribution is 6.30. The van der Waals surface area contributed by atoms with Crippen molar-refractivity contribution in [2.24, 2.45) is 5.92 Å². The molecule has 1 aromatic rings. The fourth-order valence-electron chi connectivity index (χ4n) is 1.76. The molecular formula is C14H20ClFN2O2. The summed E-state index contributed by atoms with van der Waals surface area (Å²) >= 11 is 5.67. The first-order valence-electron chi connectivity index (χ1n) is 6.53. The summed E-state index contributed by atoms with van der Waals surface area (Å²) in [4.78, 5) is 11.7. The molecule has 2 amide bonds. The van der Waals surface area contributed by atoms with Crippen molar-refractivity contribution >= 4 is 17.6 Å². The Morgan fingerprint density at radius 1 is 1.45 bits per heavy atom. The van der Waals surface area contributed by atoms with Crippen molar-refractivity contribution in [2.75, 3.05) is 6.61 Å². The topological polar surface area (TPSA) is 61.4 Å². The highest BCUT2D eigenvalue weighted by Gasteiger charge is 2.15. The van der Waals surface area contributed by atoms with E-state index in [1.165, 1.54) is 12.1 Å². The molecule has 0 radical (unpaired) electrons. The second-order valence-electron chi connectivity index (χ2n) is 4.94. The molecule has 0 aliphatic heterocycles. The second-order valence-corrected chi connectivity index (χ2v) is 5.35. The summed E-state index contributed by atoms with van der Waals surface area (Å²) in [6.07, 6.45) is 0.507. The van der Waals surface area contributed by atoms with Crippen LogP contribution >= 0.6 is 11.6 Å². The fourth-order valence-corrected chi connectivity index (χ4v) is 1.97. The lowest BCUT2D eigenvalue weighted by Crippen LogP contribution is -2.44. The first kappa shape index (κ1) is 16.7. The average Bonchev–Trinajstić information content (AvgIpc) is 2.39. The number of rotatable bonds is 6. The zero-order valence-electron chi connectivity index (χ0n) is 11.6. The molecule has 1 atom stereocenters. The molecule has 1 rings (SSSR count). The first-order valence-corrected chi connectivity index (χ1v) is 6.91.